The van der Waals surface area contributed by atoms with Gasteiger partial charge in [-0.25, -0.2) is 4.79 Å². The first-order chi connectivity index (χ1) is 14.3. The Hall–Kier alpha value is -2.57. The number of carbonyl (C=O) groups is 3. The molecule has 158 valence electrons. The second-order valence-electron chi connectivity index (χ2n) is 7.39. The summed E-state index contributed by atoms with van der Waals surface area (Å²) in [6.45, 7) is 3.66. The summed E-state index contributed by atoms with van der Waals surface area (Å²) in [5, 5.41) is 6.16. The van der Waals surface area contributed by atoms with E-state index in [1.54, 1.807) is 19.1 Å². The van der Waals surface area contributed by atoms with E-state index in [-0.39, 0.29) is 17.5 Å². The van der Waals surface area contributed by atoms with E-state index < -0.39 is 23.4 Å². The molecule has 0 spiro atoms. The molecule has 2 N–H and O–H groups in total. The second kappa shape index (κ2) is 9.06. The molecule has 0 aromatic heterocycles. The van der Waals surface area contributed by atoms with Crippen molar-refractivity contribution in [2.45, 2.75) is 31.7 Å². The SMILES string of the molecule is CCC(CNC(=O)CN1C(=O)NC(C)(c2ccc(Cl)cc2Cl)C1=O)c1ccccc1. The van der Waals surface area contributed by atoms with Crippen molar-refractivity contribution in [3.63, 3.8) is 0 Å². The van der Waals surface area contributed by atoms with Gasteiger partial charge in [0, 0.05) is 28.1 Å². The predicted molar refractivity (Wildman–Crippen MR) is 117 cm³/mol. The lowest BCUT2D eigenvalue weighted by atomic mass is 9.92. The molecule has 0 saturated carbocycles. The number of hydrogen-bond donors (Lipinski definition) is 2. The van der Waals surface area contributed by atoms with Crippen molar-refractivity contribution in [2.24, 2.45) is 0 Å². The highest BCUT2D eigenvalue weighted by atomic mass is 35.5. The van der Waals surface area contributed by atoms with Gasteiger partial charge in [-0.05, 0) is 31.0 Å². The third-order valence-electron chi connectivity index (χ3n) is 5.36. The van der Waals surface area contributed by atoms with E-state index in [0.717, 1.165) is 16.9 Å². The molecule has 1 fully saturated rings. The molecule has 2 atom stereocenters. The molecule has 1 saturated heterocycles. The molecule has 0 bridgehead atoms. The summed E-state index contributed by atoms with van der Waals surface area (Å²) in [6, 6.07) is 13.9. The van der Waals surface area contributed by atoms with Gasteiger partial charge in [-0.2, -0.15) is 0 Å². The highest BCUT2D eigenvalue weighted by Gasteiger charge is 2.50. The van der Waals surface area contributed by atoms with Gasteiger partial charge in [0.15, 0.2) is 0 Å². The Bertz CT molecular complexity index is 967. The summed E-state index contributed by atoms with van der Waals surface area (Å²) < 4.78 is 0. The zero-order chi connectivity index (χ0) is 21.9. The maximum Gasteiger partial charge on any atom is 0.325 e. The van der Waals surface area contributed by atoms with Gasteiger partial charge in [-0.1, -0.05) is 66.5 Å². The fourth-order valence-corrected chi connectivity index (χ4v) is 4.18. The Labute approximate surface area is 185 Å². The lowest BCUT2D eigenvalue weighted by molar-refractivity contribution is -0.134. The molecule has 4 amide bonds. The van der Waals surface area contributed by atoms with Crippen molar-refractivity contribution < 1.29 is 14.4 Å². The Balaban J connectivity index is 1.67. The molecule has 3 rings (SSSR count). The first kappa shape index (κ1) is 22.1. The number of nitrogens with zero attached hydrogens (tertiary/aromatic N) is 1. The van der Waals surface area contributed by atoms with E-state index in [0.29, 0.717) is 17.1 Å². The Kier molecular flexibility index (Phi) is 6.68. The topological polar surface area (TPSA) is 78.5 Å². The van der Waals surface area contributed by atoms with Crippen LogP contribution in [-0.2, 0) is 15.1 Å². The first-order valence-electron chi connectivity index (χ1n) is 9.67. The number of imide groups is 1. The molecule has 2 aromatic rings. The average molecular weight is 448 g/mol. The number of halogens is 2. The second-order valence-corrected chi connectivity index (χ2v) is 8.23. The highest BCUT2D eigenvalue weighted by molar-refractivity contribution is 6.35. The van der Waals surface area contributed by atoms with Crippen LogP contribution in [0.3, 0.4) is 0 Å². The van der Waals surface area contributed by atoms with Crippen LogP contribution in [0.15, 0.2) is 48.5 Å². The number of carbonyl (C=O) groups excluding carboxylic acids is 3. The first-order valence-corrected chi connectivity index (χ1v) is 10.4. The molecule has 2 unspecified atom stereocenters. The molecule has 6 nitrogen and oxygen atoms in total. The van der Waals surface area contributed by atoms with E-state index >= 15 is 0 Å². The van der Waals surface area contributed by atoms with E-state index in [1.807, 2.05) is 37.3 Å². The predicted octanol–water partition coefficient (Wildman–Crippen LogP) is 4.07. The Morgan fingerprint density at radius 3 is 2.50 bits per heavy atom. The molecule has 0 aliphatic carbocycles. The molecular weight excluding hydrogens is 425 g/mol. The van der Waals surface area contributed by atoms with Crippen molar-refractivity contribution in [2.75, 3.05) is 13.1 Å². The zero-order valence-electron chi connectivity index (χ0n) is 16.7. The van der Waals surface area contributed by atoms with Gasteiger partial charge < -0.3 is 10.6 Å². The van der Waals surface area contributed by atoms with Gasteiger partial charge in [-0.15, -0.1) is 0 Å². The lowest BCUT2D eigenvalue weighted by Crippen LogP contribution is -2.44. The summed E-state index contributed by atoms with van der Waals surface area (Å²) in [7, 11) is 0. The average Bonchev–Trinajstić information content (AvgIpc) is 2.93. The minimum atomic E-state index is -1.37. The van der Waals surface area contributed by atoms with Crippen molar-refractivity contribution >= 4 is 41.0 Å². The quantitative estimate of drug-likeness (QED) is 0.627. The standard InChI is InChI=1S/C22H23Cl2N3O3/c1-3-14(15-7-5-4-6-8-15)12-25-19(28)13-27-20(29)22(2,26-21(27)30)17-10-9-16(23)11-18(17)24/h4-11,14H,3,12-13H2,1-2H3,(H,25,28)(H,26,30). The maximum absolute atomic E-state index is 13.0. The van der Waals surface area contributed by atoms with Crippen LogP contribution < -0.4 is 10.6 Å². The van der Waals surface area contributed by atoms with E-state index in [1.165, 1.54) is 6.07 Å². The summed E-state index contributed by atoms with van der Waals surface area (Å²) in [5.41, 5.74) is 0.180. The van der Waals surface area contributed by atoms with Crippen LogP contribution in [0, 0.1) is 0 Å². The summed E-state index contributed by atoms with van der Waals surface area (Å²) >= 11 is 12.2. The van der Waals surface area contributed by atoms with Crippen LogP contribution >= 0.6 is 23.2 Å². The molecular formula is C22H23Cl2N3O3. The number of rotatable bonds is 7. The smallest absolute Gasteiger partial charge is 0.325 e. The fourth-order valence-electron chi connectivity index (χ4n) is 3.58. The Morgan fingerprint density at radius 2 is 1.87 bits per heavy atom. The number of hydrogen-bond acceptors (Lipinski definition) is 3. The van der Waals surface area contributed by atoms with Gasteiger partial charge in [0.2, 0.25) is 5.91 Å². The molecule has 1 heterocycles. The van der Waals surface area contributed by atoms with Gasteiger partial charge in [0.1, 0.15) is 12.1 Å². The highest BCUT2D eigenvalue weighted by Crippen LogP contribution is 2.34. The van der Waals surface area contributed by atoms with E-state index in [2.05, 4.69) is 10.6 Å². The molecule has 0 radical (unpaired) electrons. The number of nitrogens with one attached hydrogen (secondary N) is 2. The van der Waals surface area contributed by atoms with Crippen molar-refractivity contribution in [1.29, 1.82) is 0 Å². The molecule has 1 aliphatic rings. The van der Waals surface area contributed by atoms with Gasteiger partial charge in [-0.3, -0.25) is 14.5 Å². The van der Waals surface area contributed by atoms with Crippen LogP contribution in [0.25, 0.3) is 0 Å². The maximum atomic E-state index is 13.0. The van der Waals surface area contributed by atoms with Gasteiger partial charge in [0.05, 0.1) is 0 Å². The molecule has 2 aromatic carbocycles. The molecule has 1 aliphatic heterocycles. The lowest BCUT2D eigenvalue weighted by Gasteiger charge is -2.23. The summed E-state index contributed by atoms with van der Waals surface area (Å²) in [4.78, 5) is 38.8. The number of benzene rings is 2. The van der Waals surface area contributed by atoms with Crippen molar-refractivity contribution in [3.8, 4) is 0 Å². The van der Waals surface area contributed by atoms with E-state index in [4.69, 9.17) is 23.2 Å². The zero-order valence-corrected chi connectivity index (χ0v) is 18.3. The monoisotopic (exact) mass is 447 g/mol. The van der Waals surface area contributed by atoms with Crippen LogP contribution in [0.4, 0.5) is 4.79 Å². The van der Waals surface area contributed by atoms with Crippen LogP contribution in [0.5, 0.6) is 0 Å². The summed E-state index contributed by atoms with van der Waals surface area (Å²) in [5.74, 6) is -0.794. The largest absolute Gasteiger partial charge is 0.354 e. The van der Waals surface area contributed by atoms with Crippen LogP contribution in [0.2, 0.25) is 10.0 Å². The molecule has 30 heavy (non-hydrogen) atoms. The third-order valence-corrected chi connectivity index (χ3v) is 5.90. The number of urea groups is 1. The van der Waals surface area contributed by atoms with Crippen molar-refractivity contribution in [3.05, 3.63) is 69.7 Å². The van der Waals surface area contributed by atoms with E-state index in [9.17, 15) is 14.4 Å². The summed E-state index contributed by atoms with van der Waals surface area (Å²) in [6.07, 6.45) is 0.848. The minimum Gasteiger partial charge on any atom is -0.354 e. The molecule has 8 heteroatoms. The van der Waals surface area contributed by atoms with Gasteiger partial charge in [0.25, 0.3) is 5.91 Å². The van der Waals surface area contributed by atoms with Crippen molar-refractivity contribution in [1.82, 2.24) is 15.5 Å². The van der Waals surface area contributed by atoms with Crippen LogP contribution in [0.1, 0.15) is 37.3 Å². The normalized spacial score (nSPS) is 19.5. The Morgan fingerprint density at radius 1 is 1.17 bits per heavy atom. The fraction of sp³-hybridized carbons (Fsp3) is 0.318. The minimum absolute atomic E-state index is 0.149. The van der Waals surface area contributed by atoms with Crippen LogP contribution in [-0.4, -0.2) is 35.8 Å². The third kappa shape index (κ3) is 4.45. The number of amides is 4. The van der Waals surface area contributed by atoms with Gasteiger partial charge >= 0.3 is 6.03 Å².